The van der Waals surface area contributed by atoms with Crippen molar-refractivity contribution in [2.75, 3.05) is 10.8 Å². The van der Waals surface area contributed by atoms with Crippen molar-refractivity contribution in [3.05, 3.63) is 48.5 Å². The van der Waals surface area contributed by atoms with Gasteiger partial charge in [-0.3, -0.25) is 4.31 Å². The molecule has 0 fully saturated rings. The fourth-order valence-corrected chi connectivity index (χ4v) is 3.72. The second kappa shape index (κ2) is 6.27. The number of phenols is 2. The highest BCUT2D eigenvalue weighted by molar-refractivity contribution is 7.92. The highest BCUT2D eigenvalue weighted by Crippen LogP contribution is 2.32. The van der Waals surface area contributed by atoms with Crippen LogP contribution in [0.2, 0.25) is 0 Å². The highest BCUT2D eigenvalue weighted by Gasteiger charge is 2.27. The number of rotatable bonds is 5. The summed E-state index contributed by atoms with van der Waals surface area (Å²) in [6, 6.07) is 11.7. The van der Waals surface area contributed by atoms with Crippen LogP contribution in [0, 0.1) is 5.92 Å². The Kier molecular flexibility index (Phi) is 4.61. The predicted octanol–water partition coefficient (Wildman–Crippen LogP) is 2.95. The second-order valence-electron chi connectivity index (χ2n) is 5.41. The molecule has 22 heavy (non-hydrogen) atoms. The van der Waals surface area contributed by atoms with Gasteiger partial charge in [0.2, 0.25) is 0 Å². The third kappa shape index (κ3) is 3.33. The number of benzene rings is 2. The molecule has 2 rings (SSSR count). The lowest BCUT2D eigenvalue weighted by molar-refractivity contribution is 0.473. The molecule has 0 spiro atoms. The fraction of sp³-hybridized carbons (Fsp3) is 0.250. The molecule has 6 heteroatoms. The first kappa shape index (κ1) is 16.2. The fourth-order valence-electron chi connectivity index (χ4n) is 2.08. The molecule has 2 aromatic rings. The van der Waals surface area contributed by atoms with Crippen molar-refractivity contribution in [2.24, 2.45) is 5.92 Å². The SMILES string of the molecule is CC(C)CN(c1ccccc1O)S(=O)(=O)c1ccc(O)cc1. The summed E-state index contributed by atoms with van der Waals surface area (Å²) in [7, 11) is -3.83. The van der Waals surface area contributed by atoms with E-state index in [-0.39, 0.29) is 34.5 Å². The summed E-state index contributed by atoms with van der Waals surface area (Å²) < 4.78 is 26.9. The van der Waals surface area contributed by atoms with Gasteiger partial charge in [0.1, 0.15) is 11.5 Å². The first-order valence-electron chi connectivity index (χ1n) is 6.92. The highest BCUT2D eigenvalue weighted by atomic mass is 32.2. The Bertz CT molecular complexity index is 739. The Balaban J connectivity index is 2.53. The molecule has 0 unspecified atom stereocenters. The molecule has 2 N–H and O–H groups in total. The van der Waals surface area contributed by atoms with E-state index in [0.29, 0.717) is 0 Å². The third-order valence-electron chi connectivity index (χ3n) is 3.11. The van der Waals surface area contributed by atoms with Crippen LogP contribution in [0.5, 0.6) is 11.5 Å². The molecule has 0 aliphatic heterocycles. The summed E-state index contributed by atoms with van der Waals surface area (Å²) in [6.45, 7) is 4.04. The van der Waals surface area contributed by atoms with Gasteiger partial charge in [-0.1, -0.05) is 26.0 Å². The minimum absolute atomic E-state index is 0.00285. The van der Waals surface area contributed by atoms with Gasteiger partial charge in [-0.25, -0.2) is 8.42 Å². The van der Waals surface area contributed by atoms with E-state index in [1.807, 2.05) is 13.8 Å². The molecule has 0 saturated carbocycles. The lowest BCUT2D eigenvalue weighted by Crippen LogP contribution is -2.34. The molecule has 0 radical (unpaired) electrons. The molecule has 0 amide bonds. The second-order valence-corrected chi connectivity index (χ2v) is 7.27. The molecule has 5 nitrogen and oxygen atoms in total. The van der Waals surface area contributed by atoms with E-state index in [9.17, 15) is 18.6 Å². The van der Waals surface area contributed by atoms with Crippen molar-refractivity contribution in [1.29, 1.82) is 0 Å². The number of para-hydroxylation sites is 2. The van der Waals surface area contributed by atoms with Crippen molar-refractivity contribution in [2.45, 2.75) is 18.7 Å². The smallest absolute Gasteiger partial charge is 0.264 e. The summed E-state index contributed by atoms with van der Waals surface area (Å²) in [5.41, 5.74) is 0.240. The van der Waals surface area contributed by atoms with Crippen molar-refractivity contribution < 1.29 is 18.6 Å². The first-order chi connectivity index (χ1) is 10.3. The molecule has 0 aliphatic carbocycles. The summed E-state index contributed by atoms with van der Waals surface area (Å²) in [5.74, 6) is -0.0195. The molecule has 0 saturated heterocycles. The maximum atomic E-state index is 12.9. The zero-order valence-electron chi connectivity index (χ0n) is 12.5. The number of hydrogen-bond donors (Lipinski definition) is 2. The summed E-state index contributed by atoms with van der Waals surface area (Å²) in [5, 5.41) is 19.3. The van der Waals surface area contributed by atoms with Gasteiger partial charge in [0.15, 0.2) is 0 Å². The van der Waals surface area contributed by atoms with E-state index in [0.717, 1.165) is 0 Å². The molecular weight excluding hydrogens is 302 g/mol. The number of aromatic hydroxyl groups is 2. The maximum Gasteiger partial charge on any atom is 0.264 e. The summed E-state index contributed by atoms with van der Waals surface area (Å²) >= 11 is 0. The number of anilines is 1. The molecule has 0 bridgehead atoms. The average molecular weight is 321 g/mol. The topological polar surface area (TPSA) is 77.8 Å². The van der Waals surface area contributed by atoms with E-state index in [1.54, 1.807) is 18.2 Å². The summed E-state index contributed by atoms with van der Waals surface area (Å²) in [6.07, 6.45) is 0. The predicted molar refractivity (Wildman–Crippen MR) is 85.6 cm³/mol. The monoisotopic (exact) mass is 321 g/mol. The Morgan fingerprint density at radius 1 is 1.00 bits per heavy atom. The Labute approximate surface area is 130 Å². The molecule has 2 aromatic carbocycles. The van der Waals surface area contributed by atoms with Crippen LogP contribution in [0.3, 0.4) is 0 Å². The Morgan fingerprint density at radius 2 is 1.59 bits per heavy atom. The van der Waals surface area contributed by atoms with Crippen molar-refractivity contribution >= 4 is 15.7 Å². The van der Waals surface area contributed by atoms with Crippen molar-refractivity contribution in [3.8, 4) is 11.5 Å². The third-order valence-corrected chi connectivity index (χ3v) is 4.90. The van der Waals surface area contributed by atoms with Crippen LogP contribution in [0.15, 0.2) is 53.4 Å². The van der Waals surface area contributed by atoms with Crippen LogP contribution in [-0.4, -0.2) is 25.2 Å². The Morgan fingerprint density at radius 3 is 2.14 bits per heavy atom. The quantitative estimate of drug-likeness (QED) is 0.887. The lowest BCUT2D eigenvalue weighted by atomic mass is 10.2. The number of nitrogens with zero attached hydrogens (tertiary/aromatic N) is 1. The molecule has 0 aliphatic rings. The number of phenolic OH excluding ortho intramolecular Hbond substituents is 2. The van der Waals surface area contributed by atoms with E-state index in [2.05, 4.69) is 0 Å². The lowest BCUT2D eigenvalue weighted by Gasteiger charge is -2.26. The van der Waals surface area contributed by atoms with Crippen LogP contribution >= 0.6 is 0 Å². The number of hydrogen-bond acceptors (Lipinski definition) is 4. The van der Waals surface area contributed by atoms with Gasteiger partial charge in [0.05, 0.1) is 10.6 Å². The zero-order valence-corrected chi connectivity index (χ0v) is 13.3. The van der Waals surface area contributed by atoms with Crippen LogP contribution < -0.4 is 4.31 Å². The normalized spacial score (nSPS) is 11.6. The van der Waals surface area contributed by atoms with Gasteiger partial charge < -0.3 is 10.2 Å². The van der Waals surface area contributed by atoms with Crippen molar-refractivity contribution in [1.82, 2.24) is 0 Å². The standard InChI is InChI=1S/C16H19NO4S/c1-12(2)11-17(15-5-3-4-6-16(15)19)22(20,21)14-9-7-13(18)8-10-14/h3-10,12,18-19H,11H2,1-2H3. The van der Waals surface area contributed by atoms with Gasteiger partial charge in [-0.05, 0) is 42.3 Å². The van der Waals surface area contributed by atoms with Crippen LogP contribution in [0.1, 0.15) is 13.8 Å². The largest absolute Gasteiger partial charge is 0.508 e. The molecule has 0 heterocycles. The Hall–Kier alpha value is -2.21. The average Bonchev–Trinajstić information content (AvgIpc) is 2.46. The molecule has 118 valence electrons. The minimum atomic E-state index is -3.83. The van der Waals surface area contributed by atoms with Crippen LogP contribution in [0.25, 0.3) is 0 Å². The summed E-state index contributed by atoms with van der Waals surface area (Å²) in [4.78, 5) is 0.0641. The first-order valence-corrected chi connectivity index (χ1v) is 8.36. The van der Waals surface area contributed by atoms with Gasteiger partial charge in [0.25, 0.3) is 10.0 Å². The van der Waals surface area contributed by atoms with E-state index in [1.165, 1.54) is 34.6 Å². The van der Waals surface area contributed by atoms with Gasteiger partial charge in [-0.15, -0.1) is 0 Å². The molecule has 0 atom stereocenters. The van der Waals surface area contributed by atoms with E-state index in [4.69, 9.17) is 0 Å². The van der Waals surface area contributed by atoms with Gasteiger partial charge in [0, 0.05) is 6.54 Å². The van der Waals surface area contributed by atoms with Crippen LogP contribution in [0.4, 0.5) is 5.69 Å². The zero-order chi connectivity index (χ0) is 16.3. The number of sulfonamides is 1. The van der Waals surface area contributed by atoms with Gasteiger partial charge in [-0.2, -0.15) is 0 Å². The van der Waals surface area contributed by atoms with E-state index < -0.39 is 10.0 Å². The van der Waals surface area contributed by atoms with Crippen molar-refractivity contribution in [3.63, 3.8) is 0 Å². The molecule has 0 aromatic heterocycles. The molecular formula is C16H19NO4S. The van der Waals surface area contributed by atoms with Gasteiger partial charge >= 0.3 is 0 Å². The minimum Gasteiger partial charge on any atom is -0.508 e. The van der Waals surface area contributed by atoms with Crippen LogP contribution in [-0.2, 0) is 10.0 Å². The van der Waals surface area contributed by atoms with E-state index >= 15 is 0 Å². The maximum absolute atomic E-state index is 12.9.